The Morgan fingerprint density at radius 2 is 1.67 bits per heavy atom. The topological polar surface area (TPSA) is 24.1 Å². The molecule has 0 atom stereocenters. The summed E-state index contributed by atoms with van der Waals surface area (Å²) in [5.41, 5.74) is 0. The lowest BCUT2D eigenvalue weighted by molar-refractivity contribution is 0.379. The number of rotatable bonds is 8. The van der Waals surface area contributed by atoms with E-state index in [9.17, 15) is 0 Å². The molecule has 0 saturated heterocycles. The third-order valence-corrected chi connectivity index (χ3v) is 3.54. The van der Waals surface area contributed by atoms with Gasteiger partial charge in [0.1, 0.15) is 0 Å². The lowest BCUT2D eigenvalue weighted by Gasteiger charge is -2.16. The summed E-state index contributed by atoms with van der Waals surface area (Å²) in [6.07, 6.45) is 11.1. The quantitative estimate of drug-likeness (QED) is 0.461. The fraction of sp³-hybridized carbons (Fsp3) is 0.846. The summed E-state index contributed by atoms with van der Waals surface area (Å²) < 4.78 is 0. The fourth-order valence-corrected chi connectivity index (χ4v) is 2.37. The lowest BCUT2D eigenvalue weighted by atomic mass is 9.98. The first-order chi connectivity index (χ1) is 7.42. The van der Waals surface area contributed by atoms with Crippen LogP contribution in [0.2, 0.25) is 0 Å². The van der Waals surface area contributed by atoms with Gasteiger partial charge < -0.3 is 10.6 Å². The molecule has 2 aliphatic carbocycles. The molecule has 2 rings (SSSR count). The predicted molar refractivity (Wildman–Crippen MR) is 63.5 cm³/mol. The van der Waals surface area contributed by atoms with E-state index in [4.69, 9.17) is 6.42 Å². The predicted octanol–water partition coefficient (Wildman–Crippen LogP) is 1.23. The first-order valence-corrected chi connectivity index (χ1v) is 6.26. The maximum Gasteiger partial charge on any atom is 0.0574 e. The summed E-state index contributed by atoms with van der Waals surface area (Å²) in [6, 6.07) is 0. The Hall–Kier alpha value is -0.520. The Morgan fingerprint density at radius 3 is 2.20 bits per heavy atom. The van der Waals surface area contributed by atoms with E-state index in [0.29, 0.717) is 6.54 Å². The van der Waals surface area contributed by atoms with E-state index in [1.54, 1.807) is 0 Å². The Balaban J connectivity index is 1.50. The largest absolute Gasteiger partial charge is 0.315 e. The summed E-state index contributed by atoms with van der Waals surface area (Å²) in [5, 5.41) is 6.76. The molecule has 2 aliphatic rings. The highest BCUT2D eigenvalue weighted by Crippen LogP contribution is 2.48. The second-order valence-electron chi connectivity index (χ2n) is 4.92. The van der Waals surface area contributed by atoms with Gasteiger partial charge in [-0.1, -0.05) is 5.92 Å². The summed E-state index contributed by atoms with van der Waals surface area (Å²) >= 11 is 0. The Labute approximate surface area is 93.2 Å². The molecule has 0 heterocycles. The van der Waals surface area contributed by atoms with Crippen molar-refractivity contribution in [2.75, 3.05) is 26.2 Å². The molecule has 0 bridgehead atoms. The second-order valence-corrected chi connectivity index (χ2v) is 4.92. The van der Waals surface area contributed by atoms with Crippen molar-refractivity contribution in [2.45, 2.75) is 25.7 Å². The van der Waals surface area contributed by atoms with Crippen LogP contribution in [0.3, 0.4) is 0 Å². The van der Waals surface area contributed by atoms with Crippen molar-refractivity contribution >= 4 is 0 Å². The van der Waals surface area contributed by atoms with Gasteiger partial charge in [0, 0.05) is 13.1 Å². The lowest BCUT2D eigenvalue weighted by Crippen LogP contribution is -2.32. The van der Waals surface area contributed by atoms with Crippen molar-refractivity contribution in [1.29, 1.82) is 0 Å². The van der Waals surface area contributed by atoms with E-state index in [2.05, 4.69) is 16.6 Å². The van der Waals surface area contributed by atoms with Crippen LogP contribution in [0, 0.1) is 30.1 Å². The molecule has 2 saturated carbocycles. The zero-order valence-electron chi connectivity index (χ0n) is 9.47. The van der Waals surface area contributed by atoms with Gasteiger partial charge >= 0.3 is 0 Å². The second kappa shape index (κ2) is 5.53. The van der Waals surface area contributed by atoms with Crippen LogP contribution in [0.15, 0.2) is 0 Å². The molecule has 2 fully saturated rings. The first kappa shape index (κ1) is 11.0. The molecule has 0 aliphatic heterocycles. The van der Waals surface area contributed by atoms with Crippen LogP contribution in [0.5, 0.6) is 0 Å². The Kier molecular flexibility index (Phi) is 4.05. The molecule has 0 aromatic heterocycles. The molecular weight excluding hydrogens is 184 g/mol. The van der Waals surface area contributed by atoms with E-state index in [-0.39, 0.29) is 0 Å². The molecule has 2 N–H and O–H groups in total. The number of hydrogen-bond donors (Lipinski definition) is 2. The zero-order chi connectivity index (χ0) is 10.5. The van der Waals surface area contributed by atoms with Gasteiger partial charge in [-0.15, -0.1) is 6.42 Å². The van der Waals surface area contributed by atoms with Gasteiger partial charge in [-0.2, -0.15) is 0 Å². The van der Waals surface area contributed by atoms with E-state index in [1.807, 2.05) is 0 Å². The van der Waals surface area contributed by atoms with Crippen LogP contribution in [0.1, 0.15) is 25.7 Å². The third-order valence-electron chi connectivity index (χ3n) is 3.54. The van der Waals surface area contributed by atoms with Crippen molar-refractivity contribution in [2.24, 2.45) is 17.8 Å². The van der Waals surface area contributed by atoms with Crippen molar-refractivity contribution in [3.05, 3.63) is 0 Å². The molecular formula is C13H22N2. The summed E-state index contributed by atoms with van der Waals surface area (Å²) in [6.45, 7) is 3.97. The van der Waals surface area contributed by atoms with E-state index < -0.39 is 0 Å². The molecule has 0 spiro atoms. The maximum absolute atomic E-state index is 5.15. The molecule has 2 nitrogen and oxygen atoms in total. The van der Waals surface area contributed by atoms with E-state index in [1.165, 1.54) is 32.2 Å². The molecule has 15 heavy (non-hydrogen) atoms. The highest BCUT2D eigenvalue weighted by molar-refractivity contribution is 4.92. The van der Waals surface area contributed by atoms with Crippen molar-refractivity contribution < 1.29 is 0 Å². The van der Waals surface area contributed by atoms with Gasteiger partial charge in [-0.25, -0.2) is 0 Å². The Morgan fingerprint density at radius 1 is 1.07 bits per heavy atom. The number of terminal acetylenes is 1. The average molecular weight is 206 g/mol. The van der Waals surface area contributed by atoms with Gasteiger partial charge in [-0.05, 0) is 50.0 Å². The summed E-state index contributed by atoms with van der Waals surface area (Å²) in [4.78, 5) is 0. The van der Waals surface area contributed by atoms with Gasteiger partial charge in [0.15, 0.2) is 0 Å². The van der Waals surface area contributed by atoms with Crippen LogP contribution in [-0.4, -0.2) is 26.2 Å². The minimum Gasteiger partial charge on any atom is -0.315 e. The smallest absolute Gasteiger partial charge is 0.0574 e. The monoisotopic (exact) mass is 206 g/mol. The highest BCUT2D eigenvalue weighted by Gasteiger charge is 2.40. The van der Waals surface area contributed by atoms with Gasteiger partial charge in [0.05, 0.1) is 6.54 Å². The molecule has 2 heteroatoms. The summed E-state index contributed by atoms with van der Waals surface area (Å²) in [5.74, 6) is 5.69. The van der Waals surface area contributed by atoms with Crippen LogP contribution >= 0.6 is 0 Å². The normalized spacial score (nSPS) is 20.5. The number of nitrogens with one attached hydrogen (secondary N) is 2. The molecule has 0 amide bonds. The molecule has 0 radical (unpaired) electrons. The van der Waals surface area contributed by atoms with E-state index in [0.717, 1.165) is 30.8 Å². The van der Waals surface area contributed by atoms with Crippen molar-refractivity contribution in [3.63, 3.8) is 0 Å². The Bertz CT molecular complexity index is 211. The number of hydrogen-bond acceptors (Lipinski definition) is 2. The molecule has 84 valence electrons. The zero-order valence-corrected chi connectivity index (χ0v) is 9.47. The summed E-state index contributed by atoms with van der Waals surface area (Å²) in [7, 11) is 0. The van der Waals surface area contributed by atoms with Crippen molar-refractivity contribution in [1.82, 2.24) is 10.6 Å². The fourth-order valence-electron chi connectivity index (χ4n) is 2.37. The third kappa shape index (κ3) is 3.85. The standard InChI is InChI=1S/C13H22N2/c1-2-7-14-8-9-15-10-13(11-3-4-11)12-5-6-12/h1,11-15H,3-10H2. The first-order valence-electron chi connectivity index (χ1n) is 6.26. The molecule has 0 aromatic carbocycles. The molecule has 0 unspecified atom stereocenters. The van der Waals surface area contributed by atoms with Crippen molar-refractivity contribution in [3.8, 4) is 12.3 Å². The van der Waals surface area contributed by atoms with Gasteiger partial charge in [-0.3, -0.25) is 0 Å². The van der Waals surface area contributed by atoms with Crippen LogP contribution in [0.4, 0.5) is 0 Å². The van der Waals surface area contributed by atoms with Crippen LogP contribution < -0.4 is 10.6 Å². The highest BCUT2D eigenvalue weighted by atomic mass is 14.9. The average Bonchev–Trinajstić information content (AvgIpc) is 3.09. The van der Waals surface area contributed by atoms with E-state index >= 15 is 0 Å². The minimum atomic E-state index is 0.691. The maximum atomic E-state index is 5.15. The van der Waals surface area contributed by atoms with Crippen LogP contribution in [0.25, 0.3) is 0 Å². The van der Waals surface area contributed by atoms with Gasteiger partial charge in [0.25, 0.3) is 0 Å². The van der Waals surface area contributed by atoms with Gasteiger partial charge in [0.2, 0.25) is 0 Å². The SMILES string of the molecule is C#CCNCCNCC(C1CC1)C1CC1. The minimum absolute atomic E-state index is 0.691. The van der Waals surface area contributed by atoms with Crippen LogP contribution in [-0.2, 0) is 0 Å². The molecule has 0 aromatic rings.